The summed E-state index contributed by atoms with van der Waals surface area (Å²) >= 11 is 0. The average Bonchev–Trinajstić information content (AvgIpc) is 2.06. The summed E-state index contributed by atoms with van der Waals surface area (Å²) in [5.74, 6) is -0.269. The van der Waals surface area contributed by atoms with Crippen molar-refractivity contribution in [1.29, 1.82) is 0 Å². The molecule has 0 unspecified atom stereocenters. The molecule has 0 fully saturated rings. The molecule has 2 aromatic rings. The third-order valence-corrected chi connectivity index (χ3v) is 1.69. The molecule has 0 aliphatic carbocycles. The fourth-order valence-corrected chi connectivity index (χ4v) is 1.12. The number of nitrogens with two attached hydrogens (primary N) is 1. The molecule has 0 atom stereocenters. The maximum atomic E-state index is 9.31. The predicted octanol–water partition coefficient (Wildman–Crippen LogP) is 0.623. The molecule has 66 valence electrons. The first-order valence-corrected chi connectivity index (χ1v) is 3.62. The van der Waals surface area contributed by atoms with Crippen LogP contribution in [0.4, 0.5) is 5.69 Å². The van der Waals surface area contributed by atoms with Gasteiger partial charge in [0.15, 0.2) is 0 Å². The van der Waals surface area contributed by atoms with Gasteiger partial charge in [-0.3, -0.25) is 0 Å². The molecule has 5 heteroatoms. The number of rotatable bonds is 0. The maximum Gasteiger partial charge on any atom is 0.317 e. The summed E-state index contributed by atoms with van der Waals surface area (Å²) in [6, 6.07) is 4.33. The normalized spacial score (nSPS) is 10.5. The van der Waals surface area contributed by atoms with Gasteiger partial charge < -0.3 is 15.9 Å². The first-order chi connectivity index (χ1) is 6.16. The van der Waals surface area contributed by atoms with Gasteiger partial charge in [0.1, 0.15) is 0 Å². The lowest BCUT2D eigenvalue weighted by atomic mass is 10.2. The minimum atomic E-state index is -0.449. The fourth-order valence-electron chi connectivity index (χ4n) is 1.12. The van der Waals surface area contributed by atoms with Crippen molar-refractivity contribution in [3.8, 4) is 11.9 Å². The smallest absolute Gasteiger partial charge is 0.317 e. The molecular formula is C8H7N3O2. The number of hydrogen-bond donors (Lipinski definition) is 3. The Morgan fingerprint density at radius 2 is 1.92 bits per heavy atom. The lowest BCUT2D eigenvalue weighted by molar-refractivity contribution is 0.403. The SMILES string of the molecule is Nc1ccc2nc(O)nc(O)c2c1. The highest BCUT2D eigenvalue weighted by atomic mass is 16.3. The van der Waals surface area contributed by atoms with E-state index in [1.807, 2.05) is 0 Å². The zero-order valence-corrected chi connectivity index (χ0v) is 6.60. The van der Waals surface area contributed by atoms with Crippen LogP contribution in [-0.2, 0) is 0 Å². The van der Waals surface area contributed by atoms with Crippen LogP contribution >= 0.6 is 0 Å². The van der Waals surface area contributed by atoms with Crippen LogP contribution in [0.2, 0.25) is 0 Å². The Morgan fingerprint density at radius 1 is 1.15 bits per heavy atom. The Bertz CT molecular complexity index is 470. The van der Waals surface area contributed by atoms with Gasteiger partial charge in [-0.15, -0.1) is 0 Å². The number of hydrogen-bond acceptors (Lipinski definition) is 5. The molecule has 0 aliphatic rings. The van der Waals surface area contributed by atoms with Crippen LogP contribution in [0.25, 0.3) is 10.9 Å². The third-order valence-electron chi connectivity index (χ3n) is 1.69. The Labute approximate surface area is 73.5 Å². The minimum absolute atomic E-state index is 0.269. The van der Waals surface area contributed by atoms with Crippen molar-refractivity contribution in [1.82, 2.24) is 9.97 Å². The number of nitrogens with zero attached hydrogens (tertiary/aromatic N) is 2. The molecule has 0 saturated heterocycles. The van der Waals surface area contributed by atoms with Gasteiger partial charge in [-0.1, -0.05) is 0 Å². The topological polar surface area (TPSA) is 92.3 Å². The second-order valence-corrected chi connectivity index (χ2v) is 2.62. The van der Waals surface area contributed by atoms with E-state index in [0.29, 0.717) is 16.6 Å². The van der Waals surface area contributed by atoms with Gasteiger partial charge in [-0.25, -0.2) is 0 Å². The highest BCUT2D eigenvalue weighted by Crippen LogP contribution is 2.24. The van der Waals surface area contributed by atoms with E-state index >= 15 is 0 Å². The number of aromatic nitrogens is 2. The van der Waals surface area contributed by atoms with Crippen molar-refractivity contribution in [2.45, 2.75) is 0 Å². The van der Waals surface area contributed by atoms with Crippen LogP contribution in [0, 0.1) is 0 Å². The van der Waals surface area contributed by atoms with E-state index in [9.17, 15) is 5.11 Å². The van der Waals surface area contributed by atoms with Crippen LogP contribution < -0.4 is 5.73 Å². The molecule has 1 heterocycles. The molecule has 2 rings (SSSR count). The van der Waals surface area contributed by atoms with E-state index in [1.54, 1.807) is 18.2 Å². The zero-order chi connectivity index (χ0) is 9.42. The molecule has 0 aliphatic heterocycles. The maximum absolute atomic E-state index is 9.31. The Hall–Kier alpha value is -2.04. The van der Waals surface area contributed by atoms with Gasteiger partial charge in [0.25, 0.3) is 0 Å². The summed E-state index contributed by atoms with van der Waals surface area (Å²) in [7, 11) is 0. The van der Waals surface area contributed by atoms with Crippen LogP contribution in [0.1, 0.15) is 0 Å². The average molecular weight is 177 g/mol. The van der Waals surface area contributed by atoms with Crippen molar-refractivity contribution in [3.63, 3.8) is 0 Å². The third kappa shape index (κ3) is 1.20. The molecule has 13 heavy (non-hydrogen) atoms. The predicted molar refractivity (Wildman–Crippen MR) is 47.3 cm³/mol. The van der Waals surface area contributed by atoms with E-state index in [4.69, 9.17) is 10.8 Å². The van der Waals surface area contributed by atoms with Gasteiger partial charge in [0.05, 0.1) is 10.9 Å². The molecule has 0 bridgehead atoms. The lowest BCUT2D eigenvalue weighted by Gasteiger charge is -2.00. The largest absolute Gasteiger partial charge is 0.493 e. The molecule has 1 aromatic carbocycles. The summed E-state index contributed by atoms with van der Waals surface area (Å²) in [5, 5.41) is 18.7. The van der Waals surface area contributed by atoms with Gasteiger partial charge in [0.2, 0.25) is 5.88 Å². The van der Waals surface area contributed by atoms with Crippen LogP contribution in [0.3, 0.4) is 0 Å². The van der Waals surface area contributed by atoms with E-state index in [0.717, 1.165) is 0 Å². The zero-order valence-electron chi connectivity index (χ0n) is 6.60. The lowest BCUT2D eigenvalue weighted by Crippen LogP contribution is -1.88. The van der Waals surface area contributed by atoms with E-state index < -0.39 is 6.01 Å². The number of fused-ring (bicyclic) bond motifs is 1. The number of aromatic hydroxyl groups is 2. The Kier molecular flexibility index (Phi) is 1.45. The number of nitrogen functional groups attached to an aromatic ring is 1. The number of benzene rings is 1. The summed E-state index contributed by atoms with van der Waals surface area (Å²) in [6.07, 6.45) is 0. The minimum Gasteiger partial charge on any atom is -0.493 e. The van der Waals surface area contributed by atoms with Gasteiger partial charge in [-0.05, 0) is 18.2 Å². The van der Waals surface area contributed by atoms with Crippen molar-refractivity contribution < 1.29 is 10.2 Å². The van der Waals surface area contributed by atoms with Gasteiger partial charge in [-0.2, -0.15) is 9.97 Å². The molecule has 0 radical (unpaired) electrons. The Balaban J connectivity index is 2.87. The monoisotopic (exact) mass is 177 g/mol. The summed E-state index contributed by atoms with van der Waals surface area (Å²) < 4.78 is 0. The number of anilines is 1. The molecular weight excluding hydrogens is 170 g/mol. The summed E-state index contributed by atoms with van der Waals surface area (Å²) in [6.45, 7) is 0. The highest BCUT2D eigenvalue weighted by molar-refractivity contribution is 5.86. The van der Waals surface area contributed by atoms with Crippen LogP contribution in [0.5, 0.6) is 11.9 Å². The van der Waals surface area contributed by atoms with Crippen LogP contribution in [-0.4, -0.2) is 20.2 Å². The summed E-state index contributed by atoms with van der Waals surface area (Å²) in [4.78, 5) is 7.09. The molecule has 4 N–H and O–H groups in total. The van der Waals surface area contributed by atoms with E-state index in [2.05, 4.69) is 9.97 Å². The van der Waals surface area contributed by atoms with Crippen molar-refractivity contribution in [2.75, 3.05) is 5.73 Å². The first kappa shape index (κ1) is 7.60. The Morgan fingerprint density at radius 3 is 2.69 bits per heavy atom. The molecule has 1 aromatic heterocycles. The van der Waals surface area contributed by atoms with Crippen molar-refractivity contribution in [3.05, 3.63) is 18.2 Å². The molecule has 5 nitrogen and oxygen atoms in total. The standard InChI is InChI=1S/C8H7N3O2/c9-4-1-2-6-5(3-4)7(12)11-8(13)10-6/h1-3H,9H2,(H2,10,11,12,13). The van der Waals surface area contributed by atoms with E-state index in [-0.39, 0.29) is 5.88 Å². The highest BCUT2D eigenvalue weighted by Gasteiger charge is 2.05. The quantitative estimate of drug-likeness (QED) is 0.513. The molecule has 0 amide bonds. The van der Waals surface area contributed by atoms with Crippen LogP contribution in [0.15, 0.2) is 18.2 Å². The second-order valence-electron chi connectivity index (χ2n) is 2.62. The van der Waals surface area contributed by atoms with Crippen molar-refractivity contribution in [2.24, 2.45) is 0 Å². The first-order valence-electron chi connectivity index (χ1n) is 3.62. The fraction of sp³-hybridized carbons (Fsp3) is 0. The van der Waals surface area contributed by atoms with Crippen molar-refractivity contribution >= 4 is 16.6 Å². The van der Waals surface area contributed by atoms with Gasteiger partial charge >= 0.3 is 6.01 Å². The molecule has 0 spiro atoms. The van der Waals surface area contributed by atoms with Gasteiger partial charge in [0, 0.05) is 5.69 Å². The second kappa shape index (κ2) is 2.48. The van der Waals surface area contributed by atoms with E-state index in [1.165, 1.54) is 0 Å². The summed E-state index contributed by atoms with van der Waals surface area (Å²) in [5.41, 5.74) is 6.47. The molecule has 0 saturated carbocycles.